The first-order valence-electron chi connectivity index (χ1n) is 10.2. The van der Waals surface area contributed by atoms with Gasteiger partial charge in [-0.15, -0.1) is 0 Å². The summed E-state index contributed by atoms with van der Waals surface area (Å²) in [6.07, 6.45) is 3.48. The van der Waals surface area contributed by atoms with Crippen molar-refractivity contribution in [3.8, 4) is 0 Å². The number of ether oxygens (including phenoxy) is 1. The number of amides is 2. The summed E-state index contributed by atoms with van der Waals surface area (Å²) in [7, 11) is 0. The number of nitrogens with one attached hydrogen (secondary N) is 1. The van der Waals surface area contributed by atoms with Crippen LogP contribution in [-0.4, -0.2) is 35.0 Å². The van der Waals surface area contributed by atoms with Crippen LogP contribution in [0.1, 0.15) is 16.7 Å². The molecule has 2 amide bonds. The summed E-state index contributed by atoms with van der Waals surface area (Å²) in [5, 5.41) is 2.90. The Balaban J connectivity index is 1.31. The average Bonchev–Trinajstić information content (AvgIpc) is 3.37. The third kappa shape index (κ3) is 3.12. The maximum absolute atomic E-state index is 13.3. The van der Waals surface area contributed by atoms with Gasteiger partial charge in [-0.2, -0.15) is 0 Å². The molecule has 3 aliphatic rings. The van der Waals surface area contributed by atoms with Gasteiger partial charge in [-0.05, 0) is 30.2 Å². The standard InChI is InChI=1S/C24H23FN2O3/c1-15-2-4-17(5-3-15)13-27-14-24-11-10-19(30-24)20(21(24)23(27)29)22(28)26-12-16-6-8-18(25)9-7-16/h2-11,19-21H,12-14H2,1H3,(H,26,28)/t19-,20+,21-,24-/m0/s1. The third-order valence-electron chi connectivity index (χ3n) is 6.36. The Hall–Kier alpha value is -2.99. The summed E-state index contributed by atoms with van der Waals surface area (Å²) < 4.78 is 19.2. The van der Waals surface area contributed by atoms with Gasteiger partial charge in [-0.3, -0.25) is 9.59 Å². The van der Waals surface area contributed by atoms with Crippen molar-refractivity contribution in [2.75, 3.05) is 6.54 Å². The van der Waals surface area contributed by atoms with Gasteiger partial charge in [0.2, 0.25) is 11.8 Å². The minimum Gasteiger partial charge on any atom is -0.360 e. The van der Waals surface area contributed by atoms with Crippen LogP contribution in [0.2, 0.25) is 0 Å². The predicted molar refractivity (Wildman–Crippen MR) is 109 cm³/mol. The van der Waals surface area contributed by atoms with Crippen LogP contribution in [-0.2, 0) is 27.4 Å². The van der Waals surface area contributed by atoms with Gasteiger partial charge in [0.15, 0.2) is 0 Å². The Kier molecular flexibility index (Phi) is 4.47. The molecular weight excluding hydrogens is 383 g/mol. The minimum atomic E-state index is -0.718. The van der Waals surface area contributed by atoms with E-state index in [-0.39, 0.29) is 30.3 Å². The molecule has 1 N–H and O–H groups in total. The molecule has 0 aromatic heterocycles. The van der Waals surface area contributed by atoms with Gasteiger partial charge >= 0.3 is 0 Å². The van der Waals surface area contributed by atoms with Crippen LogP contribution >= 0.6 is 0 Å². The molecule has 6 heteroatoms. The van der Waals surface area contributed by atoms with Crippen LogP contribution in [0, 0.1) is 24.6 Å². The normalized spacial score (nSPS) is 28.8. The fourth-order valence-corrected chi connectivity index (χ4v) is 4.83. The van der Waals surface area contributed by atoms with Crippen molar-refractivity contribution in [3.63, 3.8) is 0 Å². The Morgan fingerprint density at radius 3 is 2.60 bits per heavy atom. The summed E-state index contributed by atoms with van der Waals surface area (Å²) in [6, 6.07) is 14.1. The van der Waals surface area contributed by atoms with Crippen molar-refractivity contribution in [2.45, 2.75) is 31.7 Å². The number of hydrogen-bond acceptors (Lipinski definition) is 3. The molecule has 0 unspecified atom stereocenters. The fourth-order valence-electron chi connectivity index (χ4n) is 4.83. The van der Waals surface area contributed by atoms with Gasteiger partial charge in [0.05, 0.1) is 24.5 Å². The first-order valence-corrected chi connectivity index (χ1v) is 10.2. The second-order valence-electron chi connectivity index (χ2n) is 8.42. The van der Waals surface area contributed by atoms with Crippen molar-refractivity contribution >= 4 is 11.8 Å². The van der Waals surface area contributed by atoms with Gasteiger partial charge in [0.1, 0.15) is 11.4 Å². The largest absolute Gasteiger partial charge is 0.360 e. The Morgan fingerprint density at radius 2 is 1.87 bits per heavy atom. The summed E-state index contributed by atoms with van der Waals surface area (Å²) >= 11 is 0. The van der Waals surface area contributed by atoms with Gasteiger partial charge in [-0.1, -0.05) is 54.1 Å². The highest BCUT2D eigenvalue weighted by Crippen LogP contribution is 2.52. The zero-order valence-corrected chi connectivity index (χ0v) is 16.7. The van der Waals surface area contributed by atoms with Crippen molar-refractivity contribution < 1.29 is 18.7 Å². The first-order chi connectivity index (χ1) is 14.4. The summed E-state index contributed by atoms with van der Waals surface area (Å²) in [5.74, 6) is -1.61. The first kappa shape index (κ1) is 19.0. The van der Waals surface area contributed by atoms with E-state index in [0.29, 0.717) is 13.1 Å². The monoisotopic (exact) mass is 406 g/mol. The highest BCUT2D eigenvalue weighted by atomic mass is 19.1. The number of hydrogen-bond donors (Lipinski definition) is 1. The summed E-state index contributed by atoms with van der Waals surface area (Å²) in [5.41, 5.74) is 2.31. The van der Waals surface area contributed by atoms with Crippen LogP contribution in [0.15, 0.2) is 60.7 Å². The van der Waals surface area contributed by atoms with Crippen LogP contribution in [0.5, 0.6) is 0 Å². The maximum atomic E-state index is 13.3. The minimum absolute atomic E-state index is 0.0376. The number of likely N-dealkylation sites (tertiary alicyclic amines) is 1. The quantitative estimate of drug-likeness (QED) is 0.777. The van der Waals surface area contributed by atoms with Gasteiger partial charge < -0.3 is 15.0 Å². The van der Waals surface area contributed by atoms with Gasteiger partial charge in [-0.25, -0.2) is 4.39 Å². The predicted octanol–water partition coefficient (Wildman–Crippen LogP) is 2.73. The number of halogens is 1. The molecule has 4 atom stereocenters. The molecule has 2 fully saturated rings. The van der Waals surface area contributed by atoms with Crippen molar-refractivity contribution in [1.82, 2.24) is 10.2 Å². The Morgan fingerprint density at radius 1 is 1.17 bits per heavy atom. The molecule has 5 rings (SSSR count). The zero-order valence-electron chi connectivity index (χ0n) is 16.7. The topological polar surface area (TPSA) is 58.6 Å². The molecule has 0 radical (unpaired) electrons. The van der Waals surface area contributed by atoms with Crippen molar-refractivity contribution in [3.05, 3.63) is 83.2 Å². The SMILES string of the molecule is Cc1ccc(CN2C[C@]34C=C[C@H](O3)[C@@H](C(=O)NCc3ccc(F)cc3)[C@H]4C2=O)cc1. The highest BCUT2D eigenvalue weighted by molar-refractivity contribution is 5.93. The van der Waals surface area contributed by atoms with E-state index in [1.54, 1.807) is 17.0 Å². The number of nitrogens with zero attached hydrogens (tertiary/aromatic N) is 1. The van der Waals surface area contributed by atoms with E-state index in [1.807, 2.05) is 43.3 Å². The van der Waals surface area contributed by atoms with E-state index in [2.05, 4.69) is 5.32 Å². The third-order valence-corrected chi connectivity index (χ3v) is 6.36. The molecular formula is C24H23FN2O3. The van der Waals surface area contributed by atoms with E-state index >= 15 is 0 Å². The van der Waals surface area contributed by atoms with E-state index < -0.39 is 17.4 Å². The number of aryl methyl sites for hydroxylation is 1. The van der Waals surface area contributed by atoms with E-state index in [4.69, 9.17) is 4.74 Å². The molecule has 5 nitrogen and oxygen atoms in total. The molecule has 3 aliphatic heterocycles. The molecule has 30 heavy (non-hydrogen) atoms. The van der Waals surface area contributed by atoms with Crippen LogP contribution < -0.4 is 5.32 Å². The number of benzene rings is 2. The lowest BCUT2D eigenvalue weighted by molar-refractivity contribution is -0.137. The molecule has 0 saturated carbocycles. The lowest BCUT2D eigenvalue weighted by Gasteiger charge is -2.23. The van der Waals surface area contributed by atoms with Crippen LogP contribution in [0.25, 0.3) is 0 Å². The molecule has 1 spiro atoms. The second-order valence-corrected chi connectivity index (χ2v) is 8.42. The number of fused-ring (bicyclic) bond motifs is 1. The average molecular weight is 406 g/mol. The van der Waals surface area contributed by atoms with Crippen molar-refractivity contribution in [2.24, 2.45) is 11.8 Å². The van der Waals surface area contributed by atoms with Gasteiger partial charge in [0.25, 0.3) is 0 Å². The number of rotatable bonds is 5. The molecule has 3 heterocycles. The fraction of sp³-hybridized carbons (Fsp3) is 0.333. The van der Waals surface area contributed by atoms with E-state index in [0.717, 1.165) is 11.1 Å². The Bertz CT molecular complexity index is 1020. The molecule has 0 aliphatic carbocycles. The second kappa shape index (κ2) is 7.06. The maximum Gasteiger partial charge on any atom is 0.230 e. The van der Waals surface area contributed by atoms with Crippen LogP contribution in [0.4, 0.5) is 4.39 Å². The Labute approximate surface area is 174 Å². The highest BCUT2D eigenvalue weighted by Gasteiger charge is 2.66. The van der Waals surface area contributed by atoms with Gasteiger partial charge in [0, 0.05) is 13.1 Å². The molecule has 2 aromatic carbocycles. The van der Waals surface area contributed by atoms with Crippen molar-refractivity contribution in [1.29, 1.82) is 0 Å². The smallest absolute Gasteiger partial charge is 0.230 e. The summed E-state index contributed by atoms with van der Waals surface area (Å²) in [6.45, 7) is 3.27. The lowest BCUT2D eigenvalue weighted by Crippen LogP contribution is -2.43. The molecule has 154 valence electrons. The molecule has 2 saturated heterocycles. The van der Waals surface area contributed by atoms with E-state index in [1.165, 1.54) is 17.7 Å². The molecule has 2 aromatic rings. The zero-order chi connectivity index (χ0) is 20.9. The number of carbonyl (C=O) groups excluding carboxylic acids is 2. The van der Waals surface area contributed by atoms with Crippen LogP contribution in [0.3, 0.4) is 0 Å². The van der Waals surface area contributed by atoms with E-state index in [9.17, 15) is 14.0 Å². The molecule has 2 bridgehead atoms. The lowest BCUT2D eigenvalue weighted by atomic mass is 9.77. The summed E-state index contributed by atoms with van der Waals surface area (Å²) in [4.78, 5) is 28.0. The number of carbonyl (C=O) groups is 2.